The molecule has 6 nitrogen and oxygen atoms in total. The van der Waals surface area contributed by atoms with E-state index in [1.807, 2.05) is 17.0 Å². The Morgan fingerprint density at radius 2 is 1.79 bits per heavy atom. The molecule has 1 atom stereocenters. The van der Waals surface area contributed by atoms with Crippen LogP contribution < -0.4 is 5.56 Å². The lowest BCUT2D eigenvalue weighted by molar-refractivity contribution is -0.140. The van der Waals surface area contributed by atoms with Gasteiger partial charge in [0.1, 0.15) is 0 Å². The first-order valence-corrected chi connectivity index (χ1v) is 10.5. The van der Waals surface area contributed by atoms with Gasteiger partial charge in [0, 0.05) is 48.1 Å². The average Bonchev–Trinajstić information content (AvgIpc) is 3.45. The molecule has 2 fully saturated rings. The Bertz CT molecular complexity index is 1040. The van der Waals surface area contributed by atoms with Gasteiger partial charge in [-0.1, -0.05) is 18.2 Å². The summed E-state index contributed by atoms with van der Waals surface area (Å²) < 4.78 is 0. The molecule has 1 saturated carbocycles. The molecular formula is C23H25N3O3. The number of piperazine rings is 1. The van der Waals surface area contributed by atoms with E-state index in [2.05, 4.69) is 22.0 Å². The van der Waals surface area contributed by atoms with Crippen molar-refractivity contribution in [3.05, 3.63) is 58.4 Å². The highest BCUT2D eigenvalue weighted by Gasteiger charge is 2.43. The summed E-state index contributed by atoms with van der Waals surface area (Å²) in [6.07, 6.45) is 8.13. The minimum absolute atomic E-state index is 0.0251. The number of fused-ring (bicyclic) bond motifs is 1. The third kappa shape index (κ3) is 3.37. The third-order valence-corrected chi connectivity index (χ3v) is 6.51. The van der Waals surface area contributed by atoms with Crippen LogP contribution in [0.15, 0.2) is 47.3 Å². The number of nitrogens with one attached hydrogen (secondary N) is 1. The number of hydrogen-bond donors (Lipinski definition) is 1. The van der Waals surface area contributed by atoms with Crippen LogP contribution in [0.5, 0.6) is 0 Å². The minimum Gasteiger partial charge on any atom is -0.336 e. The van der Waals surface area contributed by atoms with Gasteiger partial charge >= 0.3 is 0 Å². The summed E-state index contributed by atoms with van der Waals surface area (Å²) >= 11 is 0. The van der Waals surface area contributed by atoms with Crippen LogP contribution in [0, 0.1) is 11.8 Å². The Morgan fingerprint density at radius 3 is 2.55 bits per heavy atom. The zero-order valence-electron chi connectivity index (χ0n) is 16.3. The number of nitrogens with zero attached hydrogens (tertiary/aromatic N) is 2. The summed E-state index contributed by atoms with van der Waals surface area (Å²) in [5.74, 6) is 0.811. The highest BCUT2D eigenvalue weighted by Crippen LogP contribution is 2.38. The number of rotatable bonds is 3. The topological polar surface area (TPSA) is 73.5 Å². The van der Waals surface area contributed by atoms with Crippen molar-refractivity contribution in [3.8, 4) is 0 Å². The van der Waals surface area contributed by atoms with Crippen LogP contribution in [0.4, 0.5) is 0 Å². The predicted molar refractivity (Wildman–Crippen MR) is 111 cm³/mol. The summed E-state index contributed by atoms with van der Waals surface area (Å²) in [5.41, 5.74) is 1.10. The van der Waals surface area contributed by atoms with E-state index in [0.29, 0.717) is 36.6 Å². The fraction of sp³-hybridized carbons (Fsp3) is 0.435. The molecule has 0 bridgehead atoms. The first-order valence-electron chi connectivity index (χ1n) is 10.5. The van der Waals surface area contributed by atoms with Crippen molar-refractivity contribution in [1.29, 1.82) is 0 Å². The van der Waals surface area contributed by atoms with Gasteiger partial charge in [-0.2, -0.15) is 0 Å². The molecule has 1 N–H and O–H groups in total. The lowest BCUT2D eigenvalue weighted by Crippen LogP contribution is -2.58. The second-order valence-corrected chi connectivity index (χ2v) is 8.42. The Morgan fingerprint density at radius 1 is 1.00 bits per heavy atom. The maximum atomic E-state index is 13.3. The summed E-state index contributed by atoms with van der Waals surface area (Å²) in [7, 11) is 0. The van der Waals surface area contributed by atoms with Gasteiger partial charge in [0.15, 0.2) is 0 Å². The maximum absolute atomic E-state index is 13.3. The lowest BCUT2D eigenvalue weighted by Gasteiger charge is -2.43. The van der Waals surface area contributed by atoms with Crippen molar-refractivity contribution in [2.24, 2.45) is 11.8 Å². The monoisotopic (exact) mass is 391 g/mol. The van der Waals surface area contributed by atoms with E-state index in [4.69, 9.17) is 0 Å². The quantitative estimate of drug-likeness (QED) is 0.818. The molecule has 1 aromatic carbocycles. The van der Waals surface area contributed by atoms with E-state index in [0.717, 1.165) is 31.1 Å². The van der Waals surface area contributed by atoms with Crippen molar-refractivity contribution < 1.29 is 9.59 Å². The molecule has 29 heavy (non-hydrogen) atoms. The highest BCUT2D eigenvalue weighted by molar-refractivity contribution is 6.06. The van der Waals surface area contributed by atoms with Crippen LogP contribution in [-0.2, 0) is 4.79 Å². The van der Waals surface area contributed by atoms with Crippen LogP contribution in [0.2, 0.25) is 0 Å². The van der Waals surface area contributed by atoms with Crippen LogP contribution in [0.3, 0.4) is 0 Å². The van der Waals surface area contributed by atoms with Gasteiger partial charge in [-0.25, -0.2) is 0 Å². The zero-order valence-corrected chi connectivity index (χ0v) is 16.3. The van der Waals surface area contributed by atoms with E-state index >= 15 is 0 Å². The average molecular weight is 391 g/mol. The Balaban J connectivity index is 1.38. The highest BCUT2D eigenvalue weighted by atomic mass is 16.2. The van der Waals surface area contributed by atoms with E-state index < -0.39 is 0 Å². The van der Waals surface area contributed by atoms with Gasteiger partial charge in [-0.3, -0.25) is 14.4 Å². The molecule has 3 aliphatic rings. The fourth-order valence-electron chi connectivity index (χ4n) is 4.75. The molecule has 5 rings (SSSR count). The summed E-state index contributed by atoms with van der Waals surface area (Å²) in [6, 6.07) is 8.72. The SMILES string of the molecule is O=C(c1cccc2[nH]c(=O)ccc12)N1CCN(C(=O)C2CC=CC2)C(C2CC2)C1. The van der Waals surface area contributed by atoms with Gasteiger partial charge < -0.3 is 14.8 Å². The van der Waals surface area contributed by atoms with Crippen molar-refractivity contribution >= 4 is 22.7 Å². The molecule has 1 unspecified atom stereocenters. The number of carbonyl (C=O) groups excluding carboxylic acids is 2. The van der Waals surface area contributed by atoms with E-state index in [-0.39, 0.29) is 29.3 Å². The number of aromatic amines is 1. The number of aromatic nitrogens is 1. The first-order chi connectivity index (χ1) is 14.1. The Labute approximate surface area is 169 Å². The van der Waals surface area contributed by atoms with Crippen LogP contribution in [0.25, 0.3) is 10.9 Å². The lowest BCUT2D eigenvalue weighted by atomic mass is 9.99. The van der Waals surface area contributed by atoms with Crippen LogP contribution in [-0.4, -0.2) is 52.3 Å². The van der Waals surface area contributed by atoms with E-state index in [9.17, 15) is 14.4 Å². The van der Waals surface area contributed by atoms with Gasteiger partial charge in [-0.05, 0) is 49.8 Å². The van der Waals surface area contributed by atoms with Gasteiger partial charge in [0.25, 0.3) is 5.91 Å². The molecule has 1 aliphatic heterocycles. The number of H-pyrrole nitrogens is 1. The molecule has 0 radical (unpaired) electrons. The van der Waals surface area contributed by atoms with Gasteiger partial charge in [0.2, 0.25) is 11.5 Å². The smallest absolute Gasteiger partial charge is 0.254 e. The summed E-state index contributed by atoms with van der Waals surface area (Å²) in [5, 5.41) is 0.760. The number of hydrogen-bond acceptors (Lipinski definition) is 3. The molecule has 2 aliphatic carbocycles. The first kappa shape index (κ1) is 18.2. The number of pyridine rings is 1. The number of amides is 2. The Kier molecular flexibility index (Phi) is 4.49. The molecule has 0 spiro atoms. The summed E-state index contributed by atoms with van der Waals surface area (Å²) in [4.78, 5) is 44.7. The molecule has 2 heterocycles. The fourth-order valence-corrected chi connectivity index (χ4v) is 4.75. The molecular weight excluding hydrogens is 366 g/mol. The second kappa shape index (κ2) is 7.17. The molecule has 2 aromatic rings. The number of carbonyl (C=O) groups is 2. The van der Waals surface area contributed by atoms with E-state index in [1.54, 1.807) is 12.1 Å². The van der Waals surface area contributed by atoms with Gasteiger partial charge in [-0.15, -0.1) is 0 Å². The normalized spacial score (nSPS) is 22.4. The van der Waals surface area contributed by atoms with Crippen molar-refractivity contribution in [1.82, 2.24) is 14.8 Å². The minimum atomic E-state index is -0.176. The molecule has 150 valence electrons. The molecule has 1 aromatic heterocycles. The standard InChI is InChI=1S/C23H25N3O3/c27-21-11-10-17-18(6-3-7-19(17)24-21)23(29)25-12-13-26(20(14-25)15-8-9-15)22(28)16-4-1-2-5-16/h1-3,6-7,10-11,15-16,20H,4-5,8-9,12-14H2,(H,24,27). The summed E-state index contributed by atoms with van der Waals surface area (Å²) in [6.45, 7) is 1.74. The van der Waals surface area contributed by atoms with E-state index in [1.165, 1.54) is 6.07 Å². The predicted octanol–water partition coefficient (Wildman–Crippen LogP) is 2.56. The zero-order chi connectivity index (χ0) is 20.0. The molecule has 6 heteroatoms. The second-order valence-electron chi connectivity index (χ2n) is 8.42. The Hall–Kier alpha value is -2.89. The molecule has 2 amide bonds. The van der Waals surface area contributed by atoms with Crippen molar-refractivity contribution in [3.63, 3.8) is 0 Å². The van der Waals surface area contributed by atoms with Crippen molar-refractivity contribution in [2.45, 2.75) is 31.7 Å². The number of allylic oxidation sites excluding steroid dienone is 2. The third-order valence-electron chi connectivity index (χ3n) is 6.51. The largest absolute Gasteiger partial charge is 0.336 e. The number of benzene rings is 1. The maximum Gasteiger partial charge on any atom is 0.254 e. The van der Waals surface area contributed by atoms with Gasteiger partial charge in [0.05, 0.1) is 6.04 Å². The van der Waals surface area contributed by atoms with Crippen LogP contribution in [0.1, 0.15) is 36.0 Å². The van der Waals surface area contributed by atoms with Crippen molar-refractivity contribution in [2.75, 3.05) is 19.6 Å². The molecule has 1 saturated heterocycles. The van der Waals surface area contributed by atoms with Crippen LogP contribution >= 0.6 is 0 Å².